The summed E-state index contributed by atoms with van der Waals surface area (Å²) in [7, 11) is 0. The number of alkyl halides is 3. The van der Waals surface area contributed by atoms with Crippen LogP contribution < -0.4 is 0 Å². The Labute approximate surface area is 75.0 Å². The first-order valence-electron chi connectivity index (χ1n) is 3.29. The van der Waals surface area contributed by atoms with E-state index < -0.39 is 29.4 Å². The quantitative estimate of drug-likeness (QED) is 0.719. The molecule has 1 rings (SSSR count). The Morgan fingerprint density at radius 3 is 2.36 bits per heavy atom. The maximum atomic E-state index is 12.6. The standard InChI is InChI=1S/C7H3F4NO2/c8-3-1-2-4(7(9,10)11)12-5(3)6(13)14/h1-2H,(H,13,14). The van der Waals surface area contributed by atoms with E-state index in [2.05, 4.69) is 4.98 Å². The molecule has 0 amide bonds. The van der Waals surface area contributed by atoms with Gasteiger partial charge in [-0.05, 0) is 12.1 Å². The maximum Gasteiger partial charge on any atom is 0.433 e. The molecule has 0 bridgehead atoms. The monoisotopic (exact) mass is 209 g/mol. The minimum absolute atomic E-state index is 0.377. The largest absolute Gasteiger partial charge is 0.476 e. The first-order valence-corrected chi connectivity index (χ1v) is 3.29. The van der Waals surface area contributed by atoms with Crippen LogP contribution in [0.25, 0.3) is 0 Å². The van der Waals surface area contributed by atoms with Gasteiger partial charge < -0.3 is 5.11 Å². The molecule has 0 aliphatic heterocycles. The van der Waals surface area contributed by atoms with Gasteiger partial charge in [-0.15, -0.1) is 0 Å². The van der Waals surface area contributed by atoms with Crippen LogP contribution in [-0.4, -0.2) is 16.1 Å². The van der Waals surface area contributed by atoms with Crippen molar-refractivity contribution in [2.45, 2.75) is 6.18 Å². The summed E-state index contributed by atoms with van der Waals surface area (Å²) in [5.74, 6) is -3.14. The second kappa shape index (κ2) is 3.24. The molecule has 1 N–H and O–H groups in total. The Morgan fingerprint density at radius 1 is 1.36 bits per heavy atom. The predicted octanol–water partition coefficient (Wildman–Crippen LogP) is 1.94. The lowest BCUT2D eigenvalue weighted by Crippen LogP contribution is -2.13. The van der Waals surface area contributed by atoms with E-state index in [1.165, 1.54) is 0 Å². The van der Waals surface area contributed by atoms with E-state index in [1.807, 2.05) is 0 Å². The van der Waals surface area contributed by atoms with Crippen molar-refractivity contribution >= 4 is 5.97 Å². The average molecular weight is 209 g/mol. The Balaban J connectivity index is 3.27. The fourth-order valence-corrected chi connectivity index (χ4v) is 0.750. The van der Waals surface area contributed by atoms with Crippen molar-refractivity contribution < 1.29 is 27.5 Å². The number of halogens is 4. The Morgan fingerprint density at radius 2 is 1.93 bits per heavy atom. The van der Waals surface area contributed by atoms with Gasteiger partial charge in [0.25, 0.3) is 0 Å². The molecular formula is C7H3F4NO2. The molecule has 0 aliphatic carbocycles. The number of aromatic carboxylic acids is 1. The molecule has 0 radical (unpaired) electrons. The van der Waals surface area contributed by atoms with Crippen LogP contribution >= 0.6 is 0 Å². The predicted molar refractivity (Wildman–Crippen MR) is 36.2 cm³/mol. The van der Waals surface area contributed by atoms with Crippen LogP contribution in [0.15, 0.2) is 12.1 Å². The van der Waals surface area contributed by atoms with Crippen molar-refractivity contribution in [3.63, 3.8) is 0 Å². The van der Waals surface area contributed by atoms with E-state index in [4.69, 9.17) is 5.11 Å². The fourth-order valence-electron chi connectivity index (χ4n) is 0.750. The van der Waals surface area contributed by atoms with E-state index in [9.17, 15) is 22.4 Å². The third-order valence-electron chi connectivity index (χ3n) is 1.34. The zero-order valence-electron chi connectivity index (χ0n) is 6.47. The lowest BCUT2D eigenvalue weighted by Gasteiger charge is -2.05. The number of rotatable bonds is 1. The molecule has 0 saturated heterocycles. The van der Waals surface area contributed by atoms with Crippen LogP contribution in [0, 0.1) is 5.82 Å². The van der Waals surface area contributed by atoms with Gasteiger partial charge in [0.1, 0.15) is 5.69 Å². The van der Waals surface area contributed by atoms with Crippen LogP contribution in [-0.2, 0) is 6.18 Å². The van der Waals surface area contributed by atoms with E-state index in [0.29, 0.717) is 12.1 Å². The van der Waals surface area contributed by atoms with Crippen LogP contribution in [0.4, 0.5) is 17.6 Å². The van der Waals surface area contributed by atoms with Gasteiger partial charge in [-0.25, -0.2) is 14.2 Å². The minimum atomic E-state index is -4.78. The summed E-state index contributed by atoms with van der Waals surface area (Å²) in [4.78, 5) is 12.9. The highest BCUT2D eigenvalue weighted by molar-refractivity contribution is 5.85. The number of carboxylic acids is 1. The molecule has 0 aromatic carbocycles. The third kappa shape index (κ3) is 1.98. The normalized spacial score (nSPS) is 11.4. The lowest BCUT2D eigenvalue weighted by atomic mass is 10.3. The molecule has 0 spiro atoms. The van der Waals surface area contributed by atoms with Gasteiger partial charge in [-0.3, -0.25) is 0 Å². The van der Waals surface area contributed by atoms with Crippen molar-refractivity contribution in [3.8, 4) is 0 Å². The van der Waals surface area contributed by atoms with Gasteiger partial charge in [0, 0.05) is 0 Å². The van der Waals surface area contributed by atoms with Crippen molar-refractivity contribution in [2.75, 3.05) is 0 Å². The number of nitrogens with zero attached hydrogens (tertiary/aromatic N) is 1. The van der Waals surface area contributed by atoms with Crippen molar-refractivity contribution in [3.05, 3.63) is 29.3 Å². The number of hydrogen-bond donors (Lipinski definition) is 1. The number of carboxylic acid groups (broad SMARTS) is 1. The number of hydrogen-bond acceptors (Lipinski definition) is 2. The topological polar surface area (TPSA) is 50.2 Å². The van der Waals surface area contributed by atoms with E-state index in [0.717, 1.165) is 0 Å². The Kier molecular flexibility index (Phi) is 2.41. The first-order chi connectivity index (χ1) is 6.32. The van der Waals surface area contributed by atoms with Crippen molar-refractivity contribution in [1.29, 1.82) is 0 Å². The zero-order chi connectivity index (χ0) is 10.9. The van der Waals surface area contributed by atoms with Crippen molar-refractivity contribution in [2.24, 2.45) is 0 Å². The van der Waals surface area contributed by atoms with Gasteiger partial charge >= 0.3 is 12.1 Å². The second-order valence-corrected chi connectivity index (χ2v) is 2.33. The molecule has 0 unspecified atom stereocenters. The smallest absolute Gasteiger partial charge is 0.433 e. The summed E-state index contributed by atoms with van der Waals surface area (Å²) in [5.41, 5.74) is -2.67. The average Bonchev–Trinajstić information content (AvgIpc) is 2.02. The molecule has 14 heavy (non-hydrogen) atoms. The molecule has 1 aromatic heterocycles. The zero-order valence-corrected chi connectivity index (χ0v) is 6.47. The summed E-state index contributed by atoms with van der Waals surface area (Å²) < 4.78 is 48.6. The maximum absolute atomic E-state index is 12.6. The Hall–Kier alpha value is -1.66. The minimum Gasteiger partial charge on any atom is -0.476 e. The SMILES string of the molecule is O=C(O)c1nc(C(F)(F)F)ccc1F. The van der Waals surface area contributed by atoms with Gasteiger partial charge in [0.2, 0.25) is 0 Å². The van der Waals surface area contributed by atoms with E-state index >= 15 is 0 Å². The molecule has 0 saturated carbocycles. The van der Waals surface area contributed by atoms with E-state index in [-0.39, 0.29) is 0 Å². The summed E-state index contributed by atoms with van der Waals surface area (Å²) >= 11 is 0. The molecule has 1 heterocycles. The summed E-state index contributed by atoms with van der Waals surface area (Å²) in [6.07, 6.45) is -4.78. The van der Waals surface area contributed by atoms with Crippen LogP contribution in [0.2, 0.25) is 0 Å². The van der Waals surface area contributed by atoms with E-state index in [1.54, 1.807) is 0 Å². The van der Waals surface area contributed by atoms with Gasteiger partial charge in [-0.1, -0.05) is 0 Å². The molecule has 0 aliphatic rings. The Bertz CT molecular complexity index is 374. The van der Waals surface area contributed by atoms with Crippen LogP contribution in [0.5, 0.6) is 0 Å². The van der Waals surface area contributed by atoms with Crippen LogP contribution in [0.1, 0.15) is 16.2 Å². The summed E-state index contributed by atoms with van der Waals surface area (Å²) in [5, 5.41) is 8.29. The molecule has 3 nitrogen and oxygen atoms in total. The highest BCUT2D eigenvalue weighted by atomic mass is 19.4. The molecule has 7 heteroatoms. The second-order valence-electron chi connectivity index (χ2n) is 2.33. The third-order valence-corrected chi connectivity index (χ3v) is 1.34. The first kappa shape index (κ1) is 10.4. The molecule has 76 valence electrons. The number of aromatic nitrogens is 1. The van der Waals surface area contributed by atoms with Crippen LogP contribution in [0.3, 0.4) is 0 Å². The summed E-state index contributed by atoms with van der Waals surface area (Å²) in [6, 6.07) is 0.793. The fraction of sp³-hybridized carbons (Fsp3) is 0.143. The lowest BCUT2D eigenvalue weighted by molar-refractivity contribution is -0.141. The van der Waals surface area contributed by atoms with Gasteiger partial charge in [0.05, 0.1) is 0 Å². The highest BCUT2D eigenvalue weighted by Crippen LogP contribution is 2.27. The van der Waals surface area contributed by atoms with Gasteiger partial charge in [0.15, 0.2) is 11.5 Å². The van der Waals surface area contributed by atoms with Gasteiger partial charge in [-0.2, -0.15) is 13.2 Å². The molecule has 1 aromatic rings. The van der Waals surface area contributed by atoms with Crippen molar-refractivity contribution in [1.82, 2.24) is 4.98 Å². The highest BCUT2D eigenvalue weighted by Gasteiger charge is 2.33. The molecule has 0 fully saturated rings. The molecule has 0 atom stereocenters. The molecular weight excluding hydrogens is 206 g/mol. The number of carbonyl (C=O) groups is 1. The number of pyridine rings is 1. The summed E-state index contributed by atoms with van der Waals surface area (Å²) in [6.45, 7) is 0.